The first-order valence-corrected chi connectivity index (χ1v) is 22.6. The van der Waals surface area contributed by atoms with E-state index in [2.05, 4.69) is 72.0 Å². The number of benzene rings is 3. The smallest absolute Gasteiger partial charge is 0.262 e. The van der Waals surface area contributed by atoms with Gasteiger partial charge in [0.05, 0.1) is 70.0 Å². The number of imidazole rings is 1. The molecule has 6 heterocycles. The molecular weight excluding hydrogens is 1030 g/mol. The molecule has 5 N–H and O–H groups in total. The number of aryl methyl sites for hydroxylation is 1. The number of halogens is 2. The highest BCUT2D eigenvalue weighted by molar-refractivity contribution is 14.1. The van der Waals surface area contributed by atoms with E-state index >= 15 is 0 Å². The van der Waals surface area contributed by atoms with E-state index < -0.39 is 0 Å². The van der Waals surface area contributed by atoms with Crippen molar-refractivity contribution in [1.82, 2.24) is 34.6 Å². The molecule has 3 aromatic carbocycles. The molecule has 330 valence electrons. The van der Waals surface area contributed by atoms with Crippen molar-refractivity contribution in [2.45, 2.75) is 51.6 Å². The summed E-state index contributed by atoms with van der Waals surface area (Å²) in [5.41, 5.74) is 18.3. The fourth-order valence-electron chi connectivity index (χ4n) is 8.63. The molecule has 0 bridgehead atoms. The second kappa shape index (κ2) is 18.9. The van der Waals surface area contributed by atoms with Gasteiger partial charge in [-0.2, -0.15) is 0 Å². The molecule has 4 amide bonds. The molecular formula is C45H49I2N9O7. The normalized spacial score (nSPS) is 17.0. The Morgan fingerprint density at radius 1 is 0.746 bits per heavy atom. The monoisotopic (exact) mass is 1080 g/mol. The first-order valence-electron chi connectivity index (χ1n) is 20.4. The maximum absolute atomic E-state index is 13.3. The number of ether oxygens (including phenoxy) is 2. The van der Waals surface area contributed by atoms with E-state index in [-0.39, 0.29) is 35.7 Å². The number of likely N-dealkylation sites (tertiary alicyclic amines) is 2. The second-order valence-electron chi connectivity index (χ2n) is 16.0. The summed E-state index contributed by atoms with van der Waals surface area (Å²) in [4.78, 5) is 82.0. The third-order valence-electron chi connectivity index (χ3n) is 12.2. The number of aldehydes is 1. The molecule has 9 rings (SSSR count). The van der Waals surface area contributed by atoms with Gasteiger partial charge in [-0.1, -0.05) is 6.07 Å². The number of H-pyrrole nitrogens is 1. The van der Waals surface area contributed by atoms with Crippen molar-refractivity contribution in [3.05, 3.63) is 88.7 Å². The highest BCUT2D eigenvalue weighted by Crippen LogP contribution is 2.38. The van der Waals surface area contributed by atoms with E-state index in [4.69, 9.17) is 25.9 Å². The maximum atomic E-state index is 13.3. The number of rotatable bonds is 6. The number of amides is 4. The molecule has 0 atom stereocenters. The number of nitrogen functional groups attached to an aromatic ring is 2. The van der Waals surface area contributed by atoms with Gasteiger partial charge < -0.3 is 35.7 Å². The molecule has 18 heteroatoms. The number of carbonyl (C=O) groups is 5. The number of nitrogens with two attached hydrogens (primary N) is 2. The van der Waals surface area contributed by atoms with Gasteiger partial charge in [0.1, 0.15) is 11.6 Å². The van der Waals surface area contributed by atoms with Gasteiger partial charge in [-0.3, -0.25) is 33.8 Å². The van der Waals surface area contributed by atoms with Crippen LogP contribution in [0.3, 0.4) is 0 Å². The van der Waals surface area contributed by atoms with E-state index in [0.717, 1.165) is 81.9 Å². The summed E-state index contributed by atoms with van der Waals surface area (Å²) >= 11 is 4.31. The molecule has 5 aromatic rings. The topological polar surface area (TPSA) is 210 Å². The fraction of sp³-hybridized carbons (Fsp3) is 0.356. The van der Waals surface area contributed by atoms with Crippen LogP contribution >= 0.6 is 45.2 Å². The predicted octanol–water partition coefficient (Wildman–Crippen LogP) is 6.20. The van der Waals surface area contributed by atoms with E-state index in [1.54, 1.807) is 39.5 Å². The lowest BCUT2D eigenvalue weighted by molar-refractivity contribution is 0.0501. The van der Waals surface area contributed by atoms with Gasteiger partial charge in [0, 0.05) is 25.4 Å². The lowest BCUT2D eigenvalue weighted by Crippen LogP contribution is -2.46. The largest absolute Gasteiger partial charge is 0.496 e. The number of hydrogen-bond acceptors (Lipinski definition) is 13. The minimum Gasteiger partial charge on any atom is -0.496 e. The standard InChI is InChI=1S/C22H22IN5O3.C15H20N4O2.C8H7IO2/c1-11-16-13(21(29)28(22(16)30)12-5-8-27(2)9-6-12)10-15-18(11)26-19(25-15)17-14(23)4-7-24-20(17)31-3;1-8-12-10(7-11(16)13(8)17)14(20)19(15(12)21)9-3-5-18(2)6-4-9;1-11-8-4-2-3-7(9)6(8)5-10/h4,7,10,12H,5-6,8-9H2,1-3H3,(H,25,26);7,9H,3-6,16-17H2,1-2H3;2-5H,1H3. The third-order valence-corrected chi connectivity index (χ3v) is 14.0. The summed E-state index contributed by atoms with van der Waals surface area (Å²) in [5, 5.41) is 0. The number of nitrogens with zero attached hydrogens (tertiary/aromatic N) is 6. The van der Waals surface area contributed by atoms with Gasteiger partial charge in [-0.05, 0) is 166 Å². The summed E-state index contributed by atoms with van der Waals surface area (Å²) in [6.45, 7) is 7.15. The number of fused-ring (bicyclic) bond motifs is 3. The molecule has 4 aliphatic heterocycles. The molecule has 0 radical (unpaired) electrons. The summed E-state index contributed by atoms with van der Waals surface area (Å²) in [7, 11) is 7.23. The lowest BCUT2D eigenvalue weighted by atomic mass is 10.0. The van der Waals surface area contributed by atoms with Crippen molar-refractivity contribution in [3.63, 3.8) is 0 Å². The summed E-state index contributed by atoms with van der Waals surface area (Å²) in [6, 6.07) is 10.6. The van der Waals surface area contributed by atoms with Gasteiger partial charge in [-0.25, -0.2) is 9.97 Å². The van der Waals surface area contributed by atoms with Crippen molar-refractivity contribution < 1.29 is 33.4 Å². The van der Waals surface area contributed by atoms with Crippen LogP contribution in [0.4, 0.5) is 11.4 Å². The molecule has 0 saturated carbocycles. The number of aromatic nitrogens is 3. The number of nitrogens with one attached hydrogen (secondary N) is 1. The average Bonchev–Trinajstić information content (AvgIpc) is 3.89. The van der Waals surface area contributed by atoms with Crippen LogP contribution in [0, 0.1) is 21.0 Å². The summed E-state index contributed by atoms with van der Waals surface area (Å²) in [6.07, 6.45) is 5.72. The van der Waals surface area contributed by atoms with Crippen molar-refractivity contribution in [1.29, 1.82) is 0 Å². The summed E-state index contributed by atoms with van der Waals surface area (Å²) < 4.78 is 12.2. The molecule has 0 unspecified atom stereocenters. The fourth-order valence-corrected chi connectivity index (χ4v) is 9.88. The quantitative estimate of drug-likeness (QED) is 0.0750. The number of imide groups is 2. The minimum atomic E-state index is -0.237. The van der Waals surface area contributed by atoms with Crippen LogP contribution in [0.5, 0.6) is 11.6 Å². The predicted molar refractivity (Wildman–Crippen MR) is 256 cm³/mol. The van der Waals surface area contributed by atoms with E-state index in [0.29, 0.717) is 67.7 Å². The second-order valence-corrected chi connectivity index (χ2v) is 18.3. The van der Waals surface area contributed by atoms with Gasteiger partial charge in [0.2, 0.25) is 5.88 Å². The van der Waals surface area contributed by atoms with Gasteiger partial charge in [0.25, 0.3) is 23.6 Å². The SMILES string of the molecule is COc1cccc(I)c1C=O.COc1nccc(I)c1-c1nc2c(C)c3c(cc2[nH]1)C(=O)N(C1CCN(C)CC1)C3=O.Cc1c(N)c(N)cc2c1C(=O)N(C1CCN(C)CC1)C2=O. The molecule has 0 aliphatic carbocycles. The lowest BCUT2D eigenvalue weighted by Gasteiger charge is -2.33. The average molecular weight is 1080 g/mol. The van der Waals surface area contributed by atoms with Crippen LogP contribution in [0.15, 0.2) is 42.6 Å². The van der Waals surface area contributed by atoms with Crippen LogP contribution in [0.1, 0.15) is 88.6 Å². The van der Waals surface area contributed by atoms with Gasteiger partial charge in [-0.15, -0.1) is 0 Å². The molecule has 2 aromatic heterocycles. The van der Waals surface area contributed by atoms with E-state index in [9.17, 15) is 24.0 Å². The number of methoxy groups -OCH3 is 2. The van der Waals surface area contributed by atoms with Crippen LogP contribution in [-0.2, 0) is 0 Å². The number of hydrogen-bond donors (Lipinski definition) is 3. The van der Waals surface area contributed by atoms with Crippen molar-refractivity contribution in [2.24, 2.45) is 0 Å². The first kappa shape index (κ1) is 45.8. The number of carbonyl (C=O) groups excluding carboxylic acids is 5. The Balaban J connectivity index is 0.000000160. The summed E-state index contributed by atoms with van der Waals surface area (Å²) in [5.74, 6) is 0.830. The number of aromatic amines is 1. The number of piperidine rings is 2. The maximum Gasteiger partial charge on any atom is 0.262 e. The zero-order valence-electron chi connectivity index (χ0n) is 35.9. The van der Waals surface area contributed by atoms with Crippen molar-refractivity contribution in [2.75, 3.05) is 66.0 Å². The Bertz CT molecular complexity index is 2650. The first-order chi connectivity index (χ1) is 30.1. The van der Waals surface area contributed by atoms with Crippen molar-refractivity contribution in [3.8, 4) is 23.0 Å². The zero-order valence-corrected chi connectivity index (χ0v) is 40.2. The minimum absolute atomic E-state index is 0.0320. The number of anilines is 2. The third kappa shape index (κ3) is 8.61. The zero-order chi connectivity index (χ0) is 45.4. The Morgan fingerprint density at radius 2 is 1.30 bits per heavy atom. The molecule has 2 fully saturated rings. The molecule has 4 aliphatic rings. The van der Waals surface area contributed by atoms with Gasteiger partial charge in [0.15, 0.2) is 6.29 Å². The van der Waals surface area contributed by atoms with Crippen LogP contribution in [-0.4, -0.2) is 131 Å². The Kier molecular flexibility index (Phi) is 13.7. The van der Waals surface area contributed by atoms with Gasteiger partial charge >= 0.3 is 0 Å². The Labute approximate surface area is 392 Å². The van der Waals surface area contributed by atoms with Crippen LogP contribution < -0.4 is 20.9 Å². The Hall–Kier alpha value is -5.19. The van der Waals surface area contributed by atoms with Crippen molar-refractivity contribution >= 4 is 97.5 Å². The number of pyridine rings is 1. The molecule has 16 nitrogen and oxygen atoms in total. The van der Waals surface area contributed by atoms with E-state index in [1.165, 1.54) is 15.9 Å². The molecule has 2 saturated heterocycles. The molecule has 63 heavy (non-hydrogen) atoms. The highest BCUT2D eigenvalue weighted by Gasteiger charge is 2.44. The highest BCUT2D eigenvalue weighted by atomic mass is 127. The Morgan fingerprint density at radius 3 is 1.83 bits per heavy atom. The molecule has 0 spiro atoms. The van der Waals surface area contributed by atoms with Crippen LogP contribution in [0.25, 0.3) is 22.4 Å². The van der Waals surface area contributed by atoms with Crippen LogP contribution in [0.2, 0.25) is 0 Å². The van der Waals surface area contributed by atoms with E-state index in [1.807, 2.05) is 32.2 Å².